The zero-order valence-electron chi connectivity index (χ0n) is 29.6. The van der Waals surface area contributed by atoms with Gasteiger partial charge in [-0.1, -0.05) is 140 Å². The maximum Gasteiger partial charge on any atom is 0.156 e. The van der Waals surface area contributed by atoms with E-state index in [-0.39, 0.29) is 0 Å². The van der Waals surface area contributed by atoms with Crippen LogP contribution in [0.5, 0.6) is 0 Å². The van der Waals surface area contributed by atoms with Crippen molar-refractivity contribution in [1.82, 2.24) is 19.5 Å². The molecule has 12 rings (SSSR count). The number of fused-ring (bicyclic) bond motifs is 9. The van der Waals surface area contributed by atoms with Gasteiger partial charge in [0.2, 0.25) is 0 Å². The summed E-state index contributed by atoms with van der Waals surface area (Å²) < 4.78 is 2.23. The molecule has 0 aliphatic heterocycles. The van der Waals surface area contributed by atoms with Gasteiger partial charge in [-0.25, -0.2) is 4.98 Å². The number of rotatable bonds is 4. The minimum absolute atomic E-state index is 0.774. The van der Waals surface area contributed by atoms with Crippen LogP contribution in [-0.2, 0) is 0 Å². The molecule has 0 atom stereocenters. The van der Waals surface area contributed by atoms with Crippen LogP contribution in [-0.4, -0.2) is 19.5 Å². The third-order valence-corrected chi connectivity index (χ3v) is 11.5. The van der Waals surface area contributed by atoms with Gasteiger partial charge in [0.1, 0.15) is 0 Å². The Bertz CT molecular complexity index is 3250. The first-order valence-corrected chi connectivity index (χ1v) is 18.7. The molecule has 8 aromatic carbocycles. The average Bonchev–Trinajstić information content (AvgIpc) is 3.78. The van der Waals surface area contributed by atoms with E-state index in [1.807, 2.05) is 24.7 Å². The molecule has 0 unspecified atom stereocenters. The van der Waals surface area contributed by atoms with E-state index in [0.717, 1.165) is 39.0 Å². The number of para-hydroxylation sites is 1. The van der Waals surface area contributed by atoms with E-state index in [9.17, 15) is 0 Å². The summed E-state index contributed by atoms with van der Waals surface area (Å²) in [6.07, 6.45) is 5.70. The van der Waals surface area contributed by atoms with Gasteiger partial charge >= 0.3 is 0 Å². The number of benzene rings is 8. The minimum Gasteiger partial charge on any atom is -0.292 e. The van der Waals surface area contributed by atoms with Crippen LogP contribution in [0.1, 0.15) is 0 Å². The lowest BCUT2D eigenvalue weighted by molar-refractivity contribution is 1.05. The van der Waals surface area contributed by atoms with Crippen molar-refractivity contribution in [3.63, 3.8) is 0 Å². The van der Waals surface area contributed by atoms with Crippen molar-refractivity contribution in [3.05, 3.63) is 182 Å². The Morgan fingerprint density at radius 1 is 0.364 bits per heavy atom. The summed E-state index contributed by atoms with van der Waals surface area (Å²) in [5.74, 6) is 0.774. The smallest absolute Gasteiger partial charge is 0.156 e. The molecule has 0 spiro atoms. The van der Waals surface area contributed by atoms with E-state index >= 15 is 0 Å². The lowest BCUT2D eigenvalue weighted by Crippen LogP contribution is -2.00. The van der Waals surface area contributed by atoms with Gasteiger partial charge in [-0.2, -0.15) is 0 Å². The van der Waals surface area contributed by atoms with Crippen LogP contribution in [0, 0.1) is 0 Å². The molecule has 0 N–H and O–H groups in total. The van der Waals surface area contributed by atoms with Gasteiger partial charge in [-0.3, -0.25) is 14.5 Å². The molecule has 55 heavy (non-hydrogen) atoms. The second-order valence-corrected chi connectivity index (χ2v) is 14.3. The van der Waals surface area contributed by atoms with Crippen molar-refractivity contribution < 1.29 is 0 Å². The van der Waals surface area contributed by atoms with E-state index in [1.54, 1.807) is 0 Å². The summed E-state index contributed by atoms with van der Waals surface area (Å²) in [5.41, 5.74) is 15.1. The second kappa shape index (κ2) is 11.5. The lowest BCUT2D eigenvalue weighted by atomic mass is 9.82. The summed E-state index contributed by atoms with van der Waals surface area (Å²) in [6, 6.07) is 58.9. The Morgan fingerprint density at radius 2 is 0.982 bits per heavy atom. The fraction of sp³-hybridized carbons (Fsp3) is 0. The third kappa shape index (κ3) is 4.25. The normalized spacial score (nSPS) is 12.0. The van der Waals surface area contributed by atoms with Gasteiger partial charge < -0.3 is 0 Å². The van der Waals surface area contributed by atoms with Gasteiger partial charge in [0.05, 0.1) is 34.6 Å². The van der Waals surface area contributed by atoms with Crippen molar-refractivity contribution in [1.29, 1.82) is 0 Å². The SMILES string of the molecule is c1ccc(-c2c3c(c(-c4ccccc4)c4ccccc24)-c2ccc(-c4cnc(-n5c6ccccc6c6ccc7ncccc7c65)cn4)c4cccc-3c24)cc1. The Kier molecular flexibility index (Phi) is 6.31. The molecule has 0 saturated heterocycles. The van der Waals surface area contributed by atoms with Crippen molar-refractivity contribution in [3.8, 4) is 61.6 Å². The number of aromatic nitrogens is 4. The summed E-state index contributed by atoms with van der Waals surface area (Å²) in [5, 5.41) is 8.38. The molecule has 0 bridgehead atoms. The monoisotopic (exact) mass is 698 g/mol. The zero-order valence-corrected chi connectivity index (χ0v) is 29.6. The molecule has 1 aliphatic rings. The van der Waals surface area contributed by atoms with Crippen molar-refractivity contribution >= 4 is 54.3 Å². The predicted molar refractivity (Wildman–Crippen MR) is 227 cm³/mol. The molecule has 0 radical (unpaired) electrons. The van der Waals surface area contributed by atoms with Gasteiger partial charge in [-0.15, -0.1) is 0 Å². The Morgan fingerprint density at radius 3 is 1.69 bits per heavy atom. The van der Waals surface area contributed by atoms with Crippen LogP contribution in [0.15, 0.2) is 182 Å². The lowest BCUT2D eigenvalue weighted by Gasteiger charge is -2.20. The highest BCUT2D eigenvalue weighted by Gasteiger charge is 2.31. The first kappa shape index (κ1) is 30.1. The first-order chi connectivity index (χ1) is 27.3. The predicted octanol–water partition coefficient (Wildman–Crippen LogP) is 13.1. The first-order valence-electron chi connectivity index (χ1n) is 18.7. The van der Waals surface area contributed by atoms with E-state index in [1.165, 1.54) is 76.8 Å². The van der Waals surface area contributed by atoms with Crippen LogP contribution in [0.25, 0.3) is 116 Å². The largest absolute Gasteiger partial charge is 0.292 e. The Labute approximate surface area is 316 Å². The molecule has 254 valence electrons. The van der Waals surface area contributed by atoms with Gasteiger partial charge in [0, 0.05) is 27.9 Å². The van der Waals surface area contributed by atoms with E-state index in [4.69, 9.17) is 9.97 Å². The number of nitrogens with zero attached hydrogens (tertiary/aromatic N) is 4. The maximum atomic E-state index is 5.15. The molecular formula is C51H30N4. The number of hydrogen-bond acceptors (Lipinski definition) is 3. The molecule has 0 amide bonds. The van der Waals surface area contributed by atoms with Crippen molar-refractivity contribution in [2.75, 3.05) is 0 Å². The molecular weight excluding hydrogens is 669 g/mol. The van der Waals surface area contributed by atoms with E-state index in [2.05, 4.69) is 167 Å². The van der Waals surface area contributed by atoms with E-state index < -0.39 is 0 Å². The quantitative estimate of drug-likeness (QED) is 0.184. The second-order valence-electron chi connectivity index (χ2n) is 14.3. The van der Waals surface area contributed by atoms with E-state index in [0.29, 0.717) is 0 Å². The topological polar surface area (TPSA) is 43.6 Å². The zero-order chi connectivity index (χ0) is 36.0. The molecule has 3 heterocycles. The Balaban J connectivity index is 1.09. The molecule has 0 saturated carbocycles. The van der Waals surface area contributed by atoms with Gasteiger partial charge in [-0.05, 0) is 90.3 Å². The van der Waals surface area contributed by atoms with Crippen LogP contribution in [0.2, 0.25) is 0 Å². The molecule has 0 fully saturated rings. The van der Waals surface area contributed by atoms with Crippen LogP contribution < -0.4 is 0 Å². The summed E-state index contributed by atoms with van der Waals surface area (Å²) in [4.78, 5) is 15.0. The average molecular weight is 699 g/mol. The third-order valence-electron chi connectivity index (χ3n) is 11.5. The van der Waals surface area contributed by atoms with Crippen molar-refractivity contribution in [2.45, 2.75) is 0 Å². The fourth-order valence-corrected chi connectivity index (χ4v) is 9.26. The molecule has 3 aromatic heterocycles. The summed E-state index contributed by atoms with van der Waals surface area (Å²) in [7, 11) is 0. The summed E-state index contributed by atoms with van der Waals surface area (Å²) >= 11 is 0. The maximum absolute atomic E-state index is 5.15. The number of hydrogen-bond donors (Lipinski definition) is 0. The molecule has 4 nitrogen and oxygen atoms in total. The minimum atomic E-state index is 0.774. The van der Waals surface area contributed by atoms with Crippen molar-refractivity contribution in [2.24, 2.45) is 0 Å². The standard InChI is InChI=1S/C51H30N4/c1-3-13-31(14-4-1)46-36-18-7-8-19-37(36)47(32-15-5-2-6-16-32)50-41-25-24-33(35-20-11-21-40(48(35)41)49(46)50)43-29-54-45(30-53-43)55-44-23-10-9-17-34(44)38-26-27-42-39(51(38)55)22-12-28-52-42/h1-30H. The van der Waals surface area contributed by atoms with Crippen LogP contribution in [0.4, 0.5) is 0 Å². The number of pyridine rings is 1. The highest BCUT2D eigenvalue weighted by molar-refractivity contribution is 6.28. The highest BCUT2D eigenvalue weighted by atomic mass is 15.1. The molecule has 1 aliphatic carbocycles. The van der Waals surface area contributed by atoms with Gasteiger partial charge in [0.15, 0.2) is 5.82 Å². The summed E-state index contributed by atoms with van der Waals surface area (Å²) in [6.45, 7) is 0. The Hall–Kier alpha value is -7.43. The highest BCUT2D eigenvalue weighted by Crippen LogP contribution is 2.58. The molecule has 4 heteroatoms. The van der Waals surface area contributed by atoms with Crippen LogP contribution >= 0.6 is 0 Å². The van der Waals surface area contributed by atoms with Crippen LogP contribution in [0.3, 0.4) is 0 Å². The van der Waals surface area contributed by atoms with Gasteiger partial charge in [0.25, 0.3) is 0 Å². The fourth-order valence-electron chi connectivity index (χ4n) is 9.26. The molecule has 11 aromatic rings.